The second kappa shape index (κ2) is 9.89. The van der Waals surface area contributed by atoms with Gasteiger partial charge in [-0.2, -0.15) is 0 Å². The molecule has 1 aliphatic rings. The summed E-state index contributed by atoms with van der Waals surface area (Å²) in [6, 6.07) is 9.34. The van der Waals surface area contributed by atoms with Crippen molar-refractivity contribution in [2.24, 2.45) is 0 Å². The molecule has 1 fully saturated rings. The van der Waals surface area contributed by atoms with Crippen molar-refractivity contribution < 1.29 is 19.0 Å². The van der Waals surface area contributed by atoms with Gasteiger partial charge in [-0.15, -0.1) is 10.2 Å². The van der Waals surface area contributed by atoms with Crippen LogP contribution in [-0.4, -0.2) is 50.2 Å². The molecule has 0 radical (unpaired) electrons. The maximum atomic E-state index is 11.9. The second-order valence-electron chi connectivity index (χ2n) is 9.65. The molecule has 1 N–H and O–H groups in total. The number of nitrogens with zero attached hydrogens (tertiary/aromatic N) is 4. The molecule has 3 aromatic rings. The molecular formula is C25H31N5O4. The average molecular weight is 466 g/mol. The van der Waals surface area contributed by atoms with E-state index >= 15 is 0 Å². The number of hydrogen-bond acceptors (Lipinski definition) is 8. The number of ether oxygens (including phenoxy) is 3. The van der Waals surface area contributed by atoms with E-state index in [0.29, 0.717) is 23.0 Å². The monoisotopic (exact) mass is 465 g/mol. The topological polar surface area (TPSA) is 108 Å². The van der Waals surface area contributed by atoms with Crippen LogP contribution < -0.4 is 10.1 Å². The minimum atomic E-state index is -0.555. The fourth-order valence-electron chi connectivity index (χ4n) is 3.91. The van der Waals surface area contributed by atoms with Crippen LogP contribution in [0.25, 0.3) is 22.3 Å². The molecule has 180 valence electrons. The Balaban J connectivity index is 1.43. The van der Waals surface area contributed by atoms with Gasteiger partial charge >= 0.3 is 6.09 Å². The lowest BCUT2D eigenvalue weighted by Crippen LogP contribution is -2.35. The zero-order valence-corrected chi connectivity index (χ0v) is 20.2. The molecule has 0 saturated carbocycles. The number of pyridine rings is 2. The number of amides is 1. The molecule has 0 aliphatic carbocycles. The van der Waals surface area contributed by atoms with E-state index in [9.17, 15) is 4.79 Å². The fourth-order valence-corrected chi connectivity index (χ4v) is 3.91. The third-order valence-corrected chi connectivity index (χ3v) is 5.29. The number of nitrogens with one attached hydrogen (secondary N) is 1. The van der Waals surface area contributed by atoms with Gasteiger partial charge in [-0.1, -0.05) is 0 Å². The van der Waals surface area contributed by atoms with E-state index < -0.39 is 11.7 Å². The van der Waals surface area contributed by atoms with Crippen molar-refractivity contribution >= 4 is 17.0 Å². The van der Waals surface area contributed by atoms with Gasteiger partial charge < -0.3 is 19.5 Å². The first-order valence-electron chi connectivity index (χ1n) is 11.5. The van der Waals surface area contributed by atoms with Crippen LogP contribution in [0.5, 0.6) is 5.88 Å². The van der Waals surface area contributed by atoms with Gasteiger partial charge in [-0.25, -0.2) is 9.78 Å². The Morgan fingerprint density at radius 2 is 1.82 bits per heavy atom. The molecule has 34 heavy (non-hydrogen) atoms. The summed E-state index contributed by atoms with van der Waals surface area (Å²) in [5, 5.41) is 12.2. The van der Waals surface area contributed by atoms with Crippen molar-refractivity contribution in [1.29, 1.82) is 0 Å². The predicted octanol–water partition coefficient (Wildman–Crippen LogP) is 4.45. The molecule has 1 amide bonds. The molecule has 1 aliphatic heterocycles. The number of hydrogen-bond donors (Lipinski definition) is 1. The van der Waals surface area contributed by atoms with Gasteiger partial charge in [-0.3, -0.25) is 4.98 Å². The lowest BCUT2D eigenvalue weighted by atomic mass is 10.0. The van der Waals surface area contributed by atoms with Crippen LogP contribution >= 0.6 is 0 Å². The molecule has 4 rings (SSSR count). The highest BCUT2D eigenvalue weighted by molar-refractivity contribution is 5.80. The molecule has 9 heteroatoms. The highest BCUT2D eigenvalue weighted by Crippen LogP contribution is 2.24. The SMILES string of the molecule is C[C@@H]1CC(Oc2ccc(-c3ccc4cnc(CNC(=O)OC(C)(C)C)cc4n3)nn2)C[C@H](C)O1. The van der Waals surface area contributed by atoms with E-state index in [2.05, 4.69) is 34.3 Å². The first-order chi connectivity index (χ1) is 16.1. The first-order valence-corrected chi connectivity index (χ1v) is 11.5. The zero-order valence-electron chi connectivity index (χ0n) is 20.2. The van der Waals surface area contributed by atoms with Crippen LogP contribution in [0.2, 0.25) is 0 Å². The van der Waals surface area contributed by atoms with Crippen molar-refractivity contribution in [3.63, 3.8) is 0 Å². The van der Waals surface area contributed by atoms with Crippen LogP contribution in [0, 0.1) is 0 Å². The second-order valence-corrected chi connectivity index (χ2v) is 9.65. The van der Waals surface area contributed by atoms with E-state index in [1.54, 1.807) is 6.20 Å². The molecule has 0 spiro atoms. The molecule has 9 nitrogen and oxygen atoms in total. The first kappa shape index (κ1) is 23.8. The van der Waals surface area contributed by atoms with Crippen LogP contribution in [0.3, 0.4) is 0 Å². The van der Waals surface area contributed by atoms with E-state index in [4.69, 9.17) is 19.2 Å². The van der Waals surface area contributed by atoms with Crippen LogP contribution in [0.1, 0.15) is 53.2 Å². The fraction of sp³-hybridized carbons (Fsp3) is 0.480. The number of alkyl carbamates (subject to hydrolysis) is 1. The highest BCUT2D eigenvalue weighted by Gasteiger charge is 2.26. The lowest BCUT2D eigenvalue weighted by molar-refractivity contribution is -0.0731. The van der Waals surface area contributed by atoms with Gasteiger partial charge in [0, 0.05) is 30.5 Å². The largest absolute Gasteiger partial charge is 0.473 e. The van der Waals surface area contributed by atoms with Crippen LogP contribution in [0.15, 0.2) is 36.5 Å². The van der Waals surface area contributed by atoms with E-state index in [-0.39, 0.29) is 24.9 Å². The average Bonchev–Trinajstić information content (AvgIpc) is 2.76. The van der Waals surface area contributed by atoms with Crippen molar-refractivity contribution in [2.75, 3.05) is 0 Å². The number of carbonyl (C=O) groups is 1. The number of fused-ring (bicyclic) bond motifs is 1. The van der Waals surface area contributed by atoms with Gasteiger partial charge in [0.1, 0.15) is 17.4 Å². The highest BCUT2D eigenvalue weighted by atomic mass is 16.6. The van der Waals surface area contributed by atoms with Gasteiger partial charge in [0.15, 0.2) is 0 Å². The predicted molar refractivity (Wildman–Crippen MR) is 127 cm³/mol. The summed E-state index contributed by atoms with van der Waals surface area (Å²) in [5.41, 5.74) is 2.21. The maximum Gasteiger partial charge on any atom is 0.407 e. The molecule has 0 aromatic carbocycles. The number of aromatic nitrogens is 4. The third-order valence-electron chi connectivity index (χ3n) is 5.29. The van der Waals surface area contributed by atoms with Gasteiger partial charge in [0.25, 0.3) is 0 Å². The Labute approximate surface area is 199 Å². The molecule has 3 atom stereocenters. The summed E-state index contributed by atoms with van der Waals surface area (Å²) in [4.78, 5) is 21.0. The van der Waals surface area contributed by atoms with Crippen molar-refractivity contribution in [2.45, 2.75) is 77.9 Å². The van der Waals surface area contributed by atoms with Gasteiger partial charge in [-0.05, 0) is 58.9 Å². The minimum Gasteiger partial charge on any atom is -0.473 e. The van der Waals surface area contributed by atoms with Crippen molar-refractivity contribution in [1.82, 2.24) is 25.5 Å². The molecule has 1 saturated heterocycles. The summed E-state index contributed by atoms with van der Waals surface area (Å²) < 4.78 is 17.1. The maximum absolute atomic E-state index is 11.9. The van der Waals surface area contributed by atoms with Crippen molar-refractivity contribution in [3.05, 3.63) is 42.2 Å². The van der Waals surface area contributed by atoms with Gasteiger partial charge in [0.2, 0.25) is 5.88 Å². The number of rotatable bonds is 5. The molecule has 3 aromatic heterocycles. The molecule has 1 unspecified atom stereocenters. The number of carbonyl (C=O) groups excluding carboxylic acids is 1. The van der Waals surface area contributed by atoms with Crippen LogP contribution in [0.4, 0.5) is 4.79 Å². The standard InChI is InChI=1S/C25H31N5O4/c1-15-10-19(11-16(2)32-15)33-23-9-8-21(29-30-23)20-7-6-17-13-26-18(12-22(17)28-20)14-27-24(31)34-25(3,4)5/h6-9,12-13,15-16,19H,10-11,14H2,1-5H3,(H,27,31)/t15-,16+,19?. The summed E-state index contributed by atoms with van der Waals surface area (Å²) in [6.07, 6.45) is 3.31. The Morgan fingerprint density at radius 3 is 2.50 bits per heavy atom. The van der Waals surface area contributed by atoms with E-state index in [0.717, 1.165) is 23.7 Å². The quantitative estimate of drug-likeness (QED) is 0.589. The molecular weight excluding hydrogens is 434 g/mol. The van der Waals surface area contributed by atoms with Crippen LogP contribution in [-0.2, 0) is 16.0 Å². The Bertz CT molecular complexity index is 1140. The minimum absolute atomic E-state index is 0.0675. The molecule has 0 bridgehead atoms. The third kappa shape index (κ3) is 6.38. The van der Waals surface area contributed by atoms with Crippen molar-refractivity contribution in [3.8, 4) is 17.3 Å². The van der Waals surface area contributed by atoms with E-state index in [1.807, 2.05) is 51.1 Å². The summed E-state index contributed by atoms with van der Waals surface area (Å²) >= 11 is 0. The summed E-state index contributed by atoms with van der Waals surface area (Å²) in [7, 11) is 0. The normalized spacial score (nSPS) is 20.7. The van der Waals surface area contributed by atoms with E-state index in [1.165, 1.54) is 0 Å². The lowest BCUT2D eigenvalue weighted by Gasteiger charge is -2.31. The summed E-state index contributed by atoms with van der Waals surface area (Å²) in [5.74, 6) is 0.496. The Hall–Kier alpha value is -3.33. The Kier molecular flexibility index (Phi) is 6.92. The van der Waals surface area contributed by atoms with Gasteiger partial charge in [0.05, 0.1) is 35.7 Å². The zero-order chi connectivity index (χ0) is 24.3. The molecule has 4 heterocycles. The smallest absolute Gasteiger partial charge is 0.407 e. The Morgan fingerprint density at radius 1 is 1.09 bits per heavy atom. The summed E-state index contributed by atoms with van der Waals surface area (Å²) in [6.45, 7) is 9.81.